The molecular weight excluding hydrogens is 374 g/mol. The normalized spacial score (nSPS) is 22.1. The van der Waals surface area contributed by atoms with Gasteiger partial charge in [0, 0.05) is 23.4 Å². The minimum atomic E-state index is -3.08. The molecule has 0 N–H and O–H groups in total. The van der Waals surface area contributed by atoms with E-state index >= 15 is 0 Å². The Morgan fingerprint density at radius 2 is 2.05 bits per heavy atom. The SMILES string of the molecule is CS(=O)(=O)N1CCCC(CC(CCl)c2ccc(Br)cc2)C1. The van der Waals surface area contributed by atoms with Crippen molar-refractivity contribution in [2.75, 3.05) is 25.2 Å². The second-order valence-electron chi connectivity index (χ2n) is 5.77. The predicted octanol–water partition coefficient (Wildman–Crippen LogP) is 3.83. The van der Waals surface area contributed by atoms with Gasteiger partial charge in [-0.05, 0) is 48.8 Å². The van der Waals surface area contributed by atoms with E-state index in [1.165, 1.54) is 11.8 Å². The first-order valence-electron chi connectivity index (χ1n) is 7.16. The highest BCUT2D eigenvalue weighted by Gasteiger charge is 2.27. The number of sulfonamides is 1. The largest absolute Gasteiger partial charge is 0.213 e. The highest BCUT2D eigenvalue weighted by atomic mass is 79.9. The molecule has 1 aromatic carbocycles. The van der Waals surface area contributed by atoms with E-state index in [9.17, 15) is 8.42 Å². The van der Waals surface area contributed by atoms with Crippen molar-refractivity contribution in [1.82, 2.24) is 4.31 Å². The molecule has 0 amide bonds. The van der Waals surface area contributed by atoms with Crippen molar-refractivity contribution in [2.24, 2.45) is 5.92 Å². The minimum Gasteiger partial charge on any atom is -0.213 e. The van der Waals surface area contributed by atoms with Gasteiger partial charge in [-0.15, -0.1) is 11.6 Å². The fourth-order valence-electron chi connectivity index (χ4n) is 2.95. The number of hydrogen-bond donors (Lipinski definition) is 0. The zero-order chi connectivity index (χ0) is 15.5. The first-order chi connectivity index (χ1) is 9.90. The van der Waals surface area contributed by atoms with Gasteiger partial charge in [0.15, 0.2) is 0 Å². The van der Waals surface area contributed by atoms with E-state index in [4.69, 9.17) is 11.6 Å². The van der Waals surface area contributed by atoms with Crippen molar-refractivity contribution in [2.45, 2.75) is 25.2 Å². The van der Waals surface area contributed by atoms with Gasteiger partial charge in [0.25, 0.3) is 0 Å². The predicted molar refractivity (Wildman–Crippen MR) is 91.4 cm³/mol. The summed E-state index contributed by atoms with van der Waals surface area (Å²) < 4.78 is 26.0. The molecule has 0 spiro atoms. The summed E-state index contributed by atoms with van der Waals surface area (Å²) in [6.07, 6.45) is 4.25. The van der Waals surface area contributed by atoms with Crippen molar-refractivity contribution in [3.8, 4) is 0 Å². The van der Waals surface area contributed by atoms with Gasteiger partial charge in [0.1, 0.15) is 0 Å². The van der Waals surface area contributed by atoms with Crippen LogP contribution in [0.4, 0.5) is 0 Å². The molecule has 6 heteroatoms. The molecule has 2 atom stereocenters. The van der Waals surface area contributed by atoms with Crippen LogP contribution in [0.15, 0.2) is 28.7 Å². The topological polar surface area (TPSA) is 37.4 Å². The summed E-state index contributed by atoms with van der Waals surface area (Å²) in [5.41, 5.74) is 1.23. The van der Waals surface area contributed by atoms with Gasteiger partial charge >= 0.3 is 0 Å². The Balaban J connectivity index is 2.03. The second-order valence-corrected chi connectivity index (χ2v) is 8.97. The molecule has 0 saturated carbocycles. The van der Waals surface area contributed by atoms with Crippen LogP contribution in [0.2, 0.25) is 0 Å². The maximum atomic E-state index is 11.7. The maximum Gasteiger partial charge on any atom is 0.211 e. The lowest BCUT2D eigenvalue weighted by atomic mass is 9.86. The zero-order valence-electron chi connectivity index (χ0n) is 12.1. The van der Waals surface area contributed by atoms with E-state index in [0.717, 1.165) is 23.7 Å². The number of piperidine rings is 1. The highest BCUT2D eigenvalue weighted by molar-refractivity contribution is 9.10. The molecular formula is C15H21BrClNO2S. The van der Waals surface area contributed by atoms with Gasteiger partial charge in [-0.3, -0.25) is 0 Å². The molecule has 3 nitrogen and oxygen atoms in total. The molecule has 1 fully saturated rings. The molecule has 0 radical (unpaired) electrons. The molecule has 1 saturated heterocycles. The second kappa shape index (κ2) is 7.44. The quantitative estimate of drug-likeness (QED) is 0.712. The third kappa shape index (κ3) is 4.95. The monoisotopic (exact) mass is 393 g/mol. The maximum absolute atomic E-state index is 11.7. The van der Waals surface area contributed by atoms with Crippen LogP contribution in [0.25, 0.3) is 0 Å². The third-order valence-corrected chi connectivity index (χ3v) is 6.27. The summed E-state index contributed by atoms with van der Waals surface area (Å²) in [7, 11) is -3.08. The summed E-state index contributed by atoms with van der Waals surface area (Å²) in [4.78, 5) is 0. The average molecular weight is 395 g/mol. The molecule has 21 heavy (non-hydrogen) atoms. The summed E-state index contributed by atoms with van der Waals surface area (Å²) in [6, 6.07) is 8.24. The Kier molecular flexibility index (Phi) is 6.12. The number of hydrogen-bond acceptors (Lipinski definition) is 2. The van der Waals surface area contributed by atoms with Crippen molar-refractivity contribution < 1.29 is 8.42 Å². The van der Waals surface area contributed by atoms with Crippen molar-refractivity contribution >= 4 is 37.6 Å². The number of alkyl halides is 1. The first kappa shape index (κ1) is 17.3. The van der Waals surface area contributed by atoms with Crippen LogP contribution in [-0.4, -0.2) is 37.9 Å². The molecule has 1 heterocycles. The van der Waals surface area contributed by atoms with Crippen LogP contribution in [0.5, 0.6) is 0 Å². The van der Waals surface area contributed by atoms with Gasteiger partial charge in [0.05, 0.1) is 6.26 Å². The standard InChI is InChI=1S/C15H21BrClNO2S/c1-21(19,20)18-8-2-3-12(11-18)9-14(10-17)13-4-6-15(16)7-5-13/h4-7,12,14H,2-3,8-11H2,1H3. The third-order valence-electron chi connectivity index (χ3n) is 4.10. The highest BCUT2D eigenvalue weighted by Crippen LogP contribution is 2.31. The molecule has 0 aromatic heterocycles. The lowest BCUT2D eigenvalue weighted by molar-refractivity contribution is 0.249. The van der Waals surface area contributed by atoms with E-state index in [2.05, 4.69) is 28.1 Å². The minimum absolute atomic E-state index is 0.282. The van der Waals surface area contributed by atoms with Crippen LogP contribution in [0.1, 0.15) is 30.7 Å². The number of nitrogens with zero attached hydrogens (tertiary/aromatic N) is 1. The Labute approximate surface area is 140 Å². The van der Waals surface area contributed by atoms with Gasteiger partial charge in [-0.1, -0.05) is 28.1 Å². The smallest absolute Gasteiger partial charge is 0.211 e. The van der Waals surface area contributed by atoms with E-state index in [-0.39, 0.29) is 5.92 Å². The van der Waals surface area contributed by atoms with Crippen molar-refractivity contribution in [3.63, 3.8) is 0 Å². The van der Waals surface area contributed by atoms with Crippen molar-refractivity contribution in [1.29, 1.82) is 0 Å². The van der Waals surface area contributed by atoms with Crippen LogP contribution in [0, 0.1) is 5.92 Å². The summed E-state index contributed by atoms with van der Waals surface area (Å²) in [5.74, 6) is 1.24. The molecule has 0 bridgehead atoms. The van der Waals surface area contributed by atoms with Crippen LogP contribution < -0.4 is 0 Å². The Bertz CT molecular complexity index is 562. The summed E-state index contributed by atoms with van der Waals surface area (Å²) >= 11 is 9.58. The van der Waals surface area contributed by atoms with Gasteiger partial charge in [-0.25, -0.2) is 12.7 Å². The molecule has 1 aliphatic heterocycles. The molecule has 2 unspecified atom stereocenters. The van der Waals surface area contributed by atoms with Gasteiger partial charge < -0.3 is 0 Å². The Hall–Kier alpha value is -0.100. The fraction of sp³-hybridized carbons (Fsp3) is 0.600. The van der Waals surface area contributed by atoms with Crippen LogP contribution >= 0.6 is 27.5 Å². The lowest BCUT2D eigenvalue weighted by Crippen LogP contribution is -2.39. The van der Waals surface area contributed by atoms with Gasteiger partial charge in [-0.2, -0.15) is 0 Å². The number of rotatable bonds is 5. The Morgan fingerprint density at radius 1 is 1.38 bits per heavy atom. The fourth-order valence-corrected chi connectivity index (χ4v) is 4.46. The first-order valence-corrected chi connectivity index (χ1v) is 10.3. The molecule has 118 valence electrons. The van der Waals surface area contributed by atoms with Crippen LogP contribution in [0.3, 0.4) is 0 Å². The van der Waals surface area contributed by atoms with Crippen molar-refractivity contribution in [3.05, 3.63) is 34.3 Å². The molecule has 1 aliphatic rings. The summed E-state index contributed by atoms with van der Waals surface area (Å²) in [5, 5.41) is 0. The molecule has 0 aliphatic carbocycles. The Morgan fingerprint density at radius 3 is 2.62 bits per heavy atom. The van der Waals surface area contributed by atoms with Crippen LogP contribution in [-0.2, 0) is 10.0 Å². The zero-order valence-corrected chi connectivity index (χ0v) is 15.3. The summed E-state index contributed by atoms with van der Waals surface area (Å²) in [6.45, 7) is 1.28. The van der Waals surface area contributed by atoms with E-state index in [1.54, 1.807) is 4.31 Å². The van der Waals surface area contributed by atoms with E-state index in [1.807, 2.05) is 12.1 Å². The molecule has 2 rings (SSSR count). The van der Waals surface area contributed by atoms with E-state index < -0.39 is 10.0 Å². The van der Waals surface area contributed by atoms with E-state index in [0.29, 0.717) is 24.9 Å². The number of halogens is 2. The van der Waals surface area contributed by atoms with Gasteiger partial charge in [0.2, 0.25) is 10.0 Å². The number of benzene rings is 1. The lowest BCUT2D eigenvalue weighted by Gasteiger charge is -2.32. The molecule has 1 aromatic rings. The average Bonchev–Trinajstić information content (AvgIpc) is 2.45.